The first kappa shape index (κ1) is 26.9. The van der Waals surface area contributed by atoms with Gasteiger partial charge in [0.25, 0.3) is 11.8 Å². The number of carbonyl (C=O) groups excluding carboxylic acids is 2. The van der Waals surface area contributed by atoms with Gasteiger partial charge in [0, 0.05) is 13.0 Å². The lowest BCUT2D eigenvalue weighted by molar-refractivity contribution is -0.129. The average Bonchev–Trinajstić information content (AvgIpc) is 3.26. The first-order valence-electron chi connectivity index (χ1n) is 12.3. The van der Waals surface area contributed by atoms with E-state index in [0.29, 0.717) is 42.9 Å². The van der Waals surface area contributed by atoms with Crippen molar-refractivity contribution in [3.05, 3.63) is 65.2 Å². The summed E-state index contributed by atoms with van der Waals surface area (Å²) in [7, 11) is 0. The summed E-state index contributed by atoms with van der Waals surface area (Å²) in [5.41, 5.74) is 3.04. The molecule has 0 fully saturated rings. The Bertz CT molecular complexity index is 1230. The summed E-state index contributed by atoms with van der Waals surface area (Å²) >= 11 is 0. The van der Waals surface area contributed by atoms with E-state index >= 15 is 0 Å². The van der Waals surface area contributed by atoms with Crippen LogP contribution in [-0.4, -0.2) is 55.6 Å². The molecule has 3 aromatic rings. The van der Waals surface area contributed by atoms with E-state index in [4.69, 9.17) is 5.21 Å². The predicted octanol–water partition coefficient (Wildman–Crippen LogP) is 4.12. The number of unbranched alkanes of at least 4 members (excludes halogenated alkanes) is 1. The second-order valence-electron chi connectivity index (χ2n) is 9.32. The molecule has 0 aliphatic carbocycles. The van der Waals surface area contributed by atoms with Crippen LogP contribution in [-0.2, 0) is 17.8 Å². The number of hydrogen-bond acceptors (Lipinski definition) is 5. The molecule has 192 valence electrons. The molecule has 2 aromatic carbocycles. The zero-order valence-corrected chi connectivity index (χ0v) is 21.0. The van der Waals surface area contributed by atoms with Crippen molar-refractivity contribution in [2.75, 3.05) is 13.1 Å². The molecule has 1 aromatic heterocycles. The smallest absolute Gasteiger partial charge is 0.336 e. The van der Waals surface area contributed by atoms with Gasteiger partial charge in [0.1, 0.15) is 18.1 Å². The summed E-state index contributed by atoms with van der Waals surface area (Å²) in [6.45, 7) is 6.56. The molecule has 3 rings (SSSR count). The second-order valence-corrected chi connectivity index (χ2v) is 9.32. The molecule has 0 saturated carbocycles. The lowest BCUT2D eigenvalue weighted by Gasteiger charge is -2.23. The summed E-state index contributed by atoms with van der Waals surface area (Å²) in [4.78, 5) is 43.3. The molecular formula is C27H34N4O5. The van der Waals surface area contributed by atoms with Crippen LogP contribution < -0.4 is 5.48 Å². The number of carboxylic acids is 1. The monoisotopic (exact) mass is 494 g/mol. The molecule has 3 N–H and O–H groups in total. The maximum Gasteiger partial charge on any atom is 0.336 e. The number of nitrogens with one attached hydrogen (secondary N) is 1. The van der Waals surface area contributed by atoms with Crippen molar-refractivity contribution in [3.8, 4) is 0 Å². The van der Waals surface area contributed by atoms with E-state index in [-0.39, 0.29) is 18.0 Å². The van der Waals surface area contributed by atoms with Crippen LogP contribution in [0.3, 0.4) is 0 Å². The van der Waals surface area contributed by atoms with Gasteiger partial charge in [-0.15, -0.1) is 0 Å². The van der Waals surface area contributed by atoms with Crippen molar-refractivity contribution in [2.45, 2.75) is 53.0 Å². The van der Waals surface area contributed by atoms with E-state index in [1.54, 1.807) is 35.9 Å². The number of hydroxylamine groups is 1. The minimum Gasteiger partial charge on any atom is -0.478 e. The molecule has 0 spiro atoms. The molecule has 0 aliphatic rings. The highest BCUT2D eigenvalue weighted by molar-refractivity contribution is 6.04. The third kappa shape index (κ3) is 6.28. The first-order valence-corrected chi connectivity index (χ1v) is 12.3. The van der Waals surface area contributed by atoms with E-state index in [2.05, 4.69) is 11.9 Å². The number of carboxylic acid groups (broad SMARTS) is 1. The van der Waals surface area contributed by atoms with Crippen molar-refractivity contribution in [1.29, 1.82) is 0 Å². The summed E-state index contributed by atoms with van der Waals surface area (Å²) in [6.07, 6.45) is 4.78. The van der Waals surface area contributed by atoms with Crippen molar-refractivity contribution in [1.82, 2.24) is 19.9 Å². The van der Waals surface area contributed by atoms with E-state index in [0.717, 1.165) is 29.6 Å². The van der Waals surface area contributed by atoms with Gasteiger partial charge in [-0.2, -0.15) is 0 Å². The Labute approximate surface area is 210 Å². The largest absolute Gasteiger partial charge is 0.478 e. The van der Waals surface area contributed by atoms with Gasteiger partial charge in [0.15, 0.2) is 0 Å². The minimum absolute atomic E-state index is 0.220. The molecule has 0 atom stereocenters. The van der Waals surface area contributed by atoms with E-state index < -0.39 is 11.9 Å². The van der Waals surface area contributed by atoms with Gasteiger partial charge in [0.2, 0.25) is 0 Å². The number of nitrogens with zero attached hydrogens (tertiary/aromatic N) is 3. The molecule has 36 heavy (non-hydrogen) atoms. The molecule has 9 nitrogen and oxygen atoms in total. The summed E-state index contributed by atoms with van der Waals surface area (Å²) in [6, 6.07) is 10.7. The number of carbonyl (C=O) groups is 3. The summed E-state index contributed by atoms with van der Waals surface area (Å²) in [5.74, 6) is -0.938. The van der Waals surface area contributed by atoms with Crippen LogP contribution in [0.15, 0.2) is 42.6 Å². The number of aromatic nitrogens is 2. The van der Waals surface area contributed by atoms with Crippen LogP contribution in [0.25, 0.3) is 10.8 Å². The molecule has 1 heterocycles. The molecule has 0 bridgehead atoms. The Morgan fingerprint density at radius 2 is 1.83 bits per heavy atom. The van der Waals surface area contributed by atoms with Gasteiger partial charge in [0.05, 0.1) is 18.3 Å². The van der Waals surface area contributed by atoms with Crippen LogP contribution in [0.5, 0.6) is 0 Å². The molecule has 2 amide bonds. The van der Waals surface area contributed by atoms with Gasteiger partial charge in [-0.05, 0) is 41.2 Å². The standard InChI is InChI=1S/C27H34N4O5/c1-4-5-10-24-28-15-23(26(33)30(14-13-18(2)3)17-25(32)29-36)31(24)16-19-11-12-22(27(34)35)21-9-7-6-8-20(19)21/h6-9,11-12,15,18,36H,4-5,10,13-14,16-17H2,1-3H3,(H,29,32)(H,34,35). The van der Waals surface area contributed by atoms with Crippen LogP contribution in [0.2, 0.25) is 0 Å². The fourth-order valence-electron chi connectivity index (χ4n) is 4.19. The van der Waals surface area contributed by atoms with Gasteiger partial charge >= 0.3 is 5.97 Å². The summed E-state index contributed by atoms with van der Waals surface area (Å²) < 4.78 is 1.86. The third-order valence-corrected chi connectivity index (χ3v) is 6.21. The number of fused-ring (bicyclic) bond motifs is 1. The van der Waals surface area contributed by atoms with Gasteiger partial charge in [-0.3, -0.25) is 14.8 Å². The zero-order valence-electron chi connectivity index (χ0n) is 21.0. The van der Waals surface area contributed by atoms with E-state index in [1.165, 1.54) is 4.90 Å². The summed E-state index contributed by atoms with van der Waals surface area (Å²) in [5, 5.41) is 20.1. The molecule has 0 saturated heterocycles. The SMILES string of the molecule is CCCCc1ncc(C(=O)N(CCC(C)C)CC(=O)NO)n1Cc1ccc(C(=O)O)c2ccccc12. The normalized spacial score (nSPS) is 11.1. The lowest BCUT2D eigenvalue weighted by atomic mass is 9.99. The number of aromatic carboxylic acids is 1. The highest BCUT2D eigenvalue weighted by atomic mass is 16.5. The van der Waals surface area contributed by atoms with Crippen LogP contribution in [0.1, 0.15) is 72.3 Å². The van der Waals surface area contributed by atoms with Gasteiger partial charge in [-0.1, -0.05) is 57.5 Å². The first-order chi connectivity index (χ1) is 17.3. The second kappa shape index (κ2) is 12.3. The van der Waals surface area contributed by atoms with Crippen molar-refractivity contribution in [2.24, 2.45) is 5.92 Å². The Hall–Kier alpha value is -3.72. The predicted molar refractivity (Wildman–Crippen MR) is 136 cm³/mol. The number of benzene rings is 2. The van der Waals surface area contributed by atoms with Crippen molar-refractivity contribution < 1.29 is 24.7 Å². The van der Waals surface area contributed by atoms with Crippen molar-refractivity contribution >= 4 is 28.6 Å². The maximum absolute atomic E-state index is 13.6. The highest BCUT2D eigenvalue weighted by Crippen LogP contribution is 2.25. The van der Waals surface area contributed by atoms with Gasteiger partial charge in [-0.25, -0.2) is 15.3 Å². The van der Waals surface area contributed by atoms with Crippen LogP contribution >= 0.6 is 0 Å². The zero-order chi connectivity index (χ0) is 26.2. The molecule has 0 unspecified atom stereocenters. The fourth-order valence-corrected chi connectivity index (χ4v) is 4.19. The number of amides is 2. The number of aryl methyl sites for hydroxylation is 1. The van der Waals surface area contributed by atoms with Crippen molar-refractivity contribution in [3.63, 3.8) is 0 Å². The topological polar surface area (TPSA) is 125 Å². The Morgan fingerprint density at radius 3 is 2.47 bits per heavy atom. The number of imidazole rings is 1. The highest BCUT2D eigenvalue weighted by Gasteiger charge is 2.25. The average molecular weight is 495 g/mol. The van der Waals surface area contributed by atoms with E-state index in [1.807, 2.05) is 30.5 Å². The molecular weight excluding hydrogens is 460 g/mol. The third-order valence-electron chi connectivity index (χ3n) is 6.21. The van der Waals surface area contributed by atoms with Gasteiger partial charge < -0.3 is 14.6 Å². The van der Waals surface area contributed by atoms with Crippen LogP contribution in [0.4, 0.5) is 0 Å². The Morgan fingerprint density at radius 1 is 1.11 bits per heavy atom. The number of hydrogen-bond donors (Lipinski definition) is 3. The number of rotatable bonds is 12. The van der Waals surface area contributed by atoms with E-state index in [9.17, 15) is 19.5 Å². The maximum atomic E-state index is 13.6. The molecule has 0 aliphatic heterocycles. The van der Waals surface area contributed by atoms with Crippen LogP contribution in [0, 0.1) is 5.92 Å². The quantitative estimate of drug-likeness (QED) is 0.257. The lowest BCUT2D eigenvalue weighted by Crippen LogP contribution is -2.41. The fraction of sp³-hybridized carbons (Fsp3) is 0.407. The molecule has 0 radical (unpaired) electrons. The minimum atomic E-state index is -0.997. The Balaban J connectivity index is 2.05. The molecule has 9 heteroatoms. The Kier molecular flexibility index (Phi) is 9.19.